The fourth-order valence-corrected chi connectivity index (χ4v) is 4.93. The van der Waals surface area contributed by atoms with E-state index in [0.29, 0.717) is 18.1 Å². The normalized spacial score (nSPS) is 27.6. The summed E-state index contributed by atoms with van der Waals surface area (Å²) in [5.41, 5.74) is 3.25. The Hall–Kier alpha value is -2.84. The Kier molecular flexibility index (Phi) is 4.98. The number of benzene rings is 2. The van der Waals surface area contributed by atoms with Gasteiger partial charge in [-0.15, -0.1) is 5.48 Å². The van der Waals surface area contributed by atoms with E-state index in [-0.39, 0.29) is 40.8 Å². The molecule has 2 aromatic carbocycles. The molecule has 1 aliphatic heterocycles. The molecule has 2 bridgehead atoms. The molecule has 0 radical (unpaired) electrons. The summed E-state index contributed by atoms with van der Waals surface area (Å²) in [5, 5.41) is 6.13. The van der Waals surface area contributed by atoms with Gasteiger partial charge < -0.3 is 20.2 Å². The molecule has 2 amide bonds. The van der Waals surface area contributed by atoms with E-state index >= 15 is 0 Å². The van der Waals surface area contributed by atoms with E-state index < -0.39 is 11.9 Å². The van der Waals surface area contributed by atoms with Gasteiger partial charge in [-0.2, -0.15) is 0 Å². The number of carbonyl (C=O) groups is 2. The van der Waals surface area contributed by atoms with Crippen LogP contribution in [0, 0.1) is 11.7 Å². The first kappa shape index (κ1) is 20.1. The van der Waals surface area contributed by atoms with Gasteiger partial charge in [-0.05, 0) is 43.4 Å². The van der Waals surface area contributed by atoms with Crippen molar-refractivity contribution in [1.29, 1.82) is 0 Å². The number of halogens is 2. The quantitative estimate of drug-likeness (QED) is 0.636. The molecule has 6 rings (SSSR count). The Morgan fingerprint density at radius 2 is 2.03 bits per heavy atom. The van der Waals surface area contributed by atoms with Crippen molar-refractivity contribution in [1.82, 2.24) is 16.1 Å². The van der Waals surface area contributed by atoms with Gasteiger partial charge in [0.05, 0.1) is 5.02 Å². The lowest BCUT2D eigenvalue weighted by Crippen LogP contribution is -2.53. The molecule has 2 atom stereocenters. The summed E-state index contributed by atoms with van der Waals surface area (Å²) in [6.07, 6.45) is 2.29. The Labute approximate surface area is 183 Å². The van der Waals surface area contributed by atoms with Crippen LogP contribution in [0.1, 0.15) is 30.9 Å². The number of carbonyl (C=O) groups excluding carboxylic acids is 2. The number of hydroxylamine groups is 1. The Bertz CT molecular complexity index is 1040. The number of para-hydroxylation sites is 1. The van der Waals surface area contributed by atoms with Crippen molar-refractivity contribution in [2.75, 3.05) is 6.61 Å². The highest BCUT2D eigenvalue weighted by Gasteiger charge is 2.57. The predicted octanol–water partition coefficient (Wildman–Crippen LogP) is 2.65. The summed E-state index contributed by atoms with van der Waals surface area (Å²) in [4.78, 5) is 30.5. The topological polar surface area (TPSA) is 88.7 Å². The highest BCUT2D eigenvalue weighted by Crippen LogP contribution is 2.52. The lowest BCUT2D eigenvalue weighted by molar-refractivity contribution is -0.126. The van der Waals surface area contributed by atoms with Gasteiger partial charge in [0.25, 0.3) is 5.91 Å². The number of nitrogens with one attached hydrogen (secondary N) is 3. The van der Waals surface area contributed by atoms with E-state index in [2.05, 4.69) is 16.1 Å². The third-order valence-electron chi connectivity index (χ3n) is 6.26. The first-order chi connectivity index (χ1) is 14.9. The predicted molar refractivity (Wildman–Crippen MR) is 110 cm³/mol. The average Bonchev–Trinajstić information content (AvgIpc) is 3.39. The zero-order chi connectivity index (χ0) is 21.6. The zero-order valence-electron chi connectivity index (χ0n) is 16.5. The summed E-state index contributed by atoms with van der Waals surface area (Å²) in [6, 6.07) is 10.9. The maximum absolute atomic E-state index is 13.5. The minimum absolute atomic E-state index is 0.00176. The van der Waals surface area contributed by atoms with Crippen LogP contribution in [0.2, 0.25) is 5.02 Å². The van der Waals surface area contributed by atoms with Gasteiger partial charge in [-0.1, -0.05) is 29.8 Å². The van der Waals surface area contributed by atoms with Crippen LogP contribution in [-0.2, 0) is 9.59 Å². The largest absolute Gasteiger partial charge is 0.484 e. The van der Waals surface area contributed by atoms with Crippen molar-refractivity contribution in [3.63, 3.8) is 0 Å². The minimum Gasteiger partial charge on any atom is -0.484 e. The zero-order valence-corrected chi connectivity index (χ0v) is 17.2. The average molecular weight is 446 g/mol. The van der Waals surface area contributed by atoms with Crippen LogP contribution < -0.4 is 25.7 Å². The van der Waals surface area contributed by atoms with Gasteiger partial charge in [0.2, 0.25) is 5.91 Å². The Morgan fingerprint density at radius 1 is 1.23 bits per heavy atom. The highest BCUT2D eigenvalue weighted by molar-refractivity contribution is 6.30. The molecule has 9 heteroatoms. The van der Waals surface area contributed by atoms with E-state index in [1.54, 1.807) is 0 Å². The van der Waals surface area contributed by atoms with E-state index in [1.807, 2.05) is 24.3 Å². The molecular formula is C22H21ClFN3O4. The fraction of sp³-hybridized carbons (Fsp3) is 0.364. The van der Waals surface area contributed by atoms with Crippen LogP contribution in [0.15, 0.2) is 42.5 Å². The maximum atomic E-state index is 13.5. The fourth-order valence-electron chi connectivity index (χ4n) is 4.81. The molecular weight excluding hydrogens is 425 g/mol. The van der Waals surface area contributed by atoms with E-state index in [0.717, 1.165) is 24.5 Å². The van der Waals surface area contributed by atoms with E-state index in [9.17, 15) is 14.0 Å². The number of hydrogen-bond donors (Lipinski definition) is 3. The molecule has 3 fully saturated rings. The number of amides is 2. The molecule has 0 spiro atoms. The van der Waals surface area contributed by atoms with Gasteiger partial charge >= 0.3 is 0 Å². The summed E-state index contributed by atoms with van der Waals surface area (Å²) >= 11 is 5.65. The maximum Gasteiger partial charge on any atom is 0.258 e. The summed E-state index contributed by atoms with van der Waals surface area (Å²) in [5.74, 6) is 0.205. The van der Waals surface area contributed by atoms with Gasteiger partial charge in [0, 0.05) is 23.2 Å². The smallest absolute Gasteiger partial charge is 0.258 e. The van der Waals surface area contributed by atoms with Crippen LogP contribution in [0.4, 0.5) is 4.39 Å². The first-order valence-corrected chi connectivity index (χ1v) is 10.5. The third-order valence-corrected chi connectivity index (χ3v) is 6.56. The minimum atomic E-state index is -0.598. The summed E-state index contributed by atoms with van der Waals surface area (Å²) < 4.78 is 18.8. The Balaban J connectivity index is 1.13. The van der Waals surface area contributed by atoms with Crippen molar-refractivity contribution >= 4 is 23.4 Å². The van der Waals surface area contributed by atoms with Crippen LogP contribution in [-0.4, -0.2) is 30.0 Å². The van der Waals surface area contributed by atoms with Crippen LogP contribution in [0.3, 0.4) is 0 Å². The lowest BCUT2D eigenvalue weighted by atomic mass is 9.76. The van der Waals surface area contributed by atoms with Crippen molar-refractivity contribution in [2.24, 2.45) is 5.92 Å². The third kappa shape index (κ3) is 3.81. The molecule has 2 aromatic rings. The second kappa shape index (κ2) is 7.69. The molecule has 162 valence electrons. The van der Waals surface area contributed by atoms with E-state index in [1.165, 1.54) is 12.1 Å². The molecule has 3 N–H and O–H groups in total. The van der Waals surface area contributed by atoms with E-state index in [4.69, 9.17) is 21.2 Å². The van der Waals surface area contributed by atoms with Crippen LogP contribution in [0.5, 0.6) is 11.5 Å². The molecule has 1 heterocycles. The van der Waals surface area contributed by atoms with Gasteiger partial charge in [-0.25, -0.2) is 4.39 Å². The van der Waals surface area contributed by atoms with Crippen molar-refractivity contribution in [3.8, 4) is 11.5 Å². The first-order valence-electron chi connectivity index (χ1n) is 10.1. The number of fused-ring (bicyclic) bond motifs is 2. The number of ether oxygens (including phenoxy) is 1. The highest BCUT2D eigenvalue weighted by atomic mass is 35.5. The SMILES string of the molecule is O=C(COc1ccc(Cl)c(F)c1)NC12CC(C1)[C@@H](NC(=O)C1NOc3ccccc31)C2. The Morgan fingerprint density at radius 3 is 2.84 bits per heavy atom. The summed E-state index contributed by atoms with van der Waals surface area (Å²) in [6.45, 7) is -0.218. The van der Waals surface area contributed by atoms with Crippen LogP contribution >= 0.6 is 11.6 Å². The molecule has 7 nitrogen and oxygen atoms in total. The van der Waals surface area contributed by atoms with Crippen molar-refractivity contribution in [3.05, 3.63) is 58.9 Å². The summed E-state index contributed by atoms with van der Waals surface area (Å²) in [7, 11) is 0. The van der Waals surface area contributed by atoms with Crippen LogP contribution in [0.25, 0.3) is 0 Å². The number of hydrogen-bond acceptors (Lipinski definition) is 5. The standard InChI is InChI=1S/C22H21ClFN3O4/c23-15-6-5-13(7-16(15)24)30-11-19(28)26-22-8-12(9-22)17(10-22)25-21(29)20-14-3-1-2-4-18(14)31-27-20/h1-7,12,17,20,27H,8-11H2,(H,25,29)(H,26,28)/t12?,17-,20?,22?/m0/s1. The molecule has 3 saturated carbocycles. The van der Waals surface area contributed by atoms with Crippen molar-refractivity contribution < 1.29 is 23.6 Å². The molecule has 0 aromatic heterocycles. The molecule has 4 aliphatic rings. The molecule has 1 unspecified atom stereocenters. The lowest BCUT2D eigenvalue weighted by Gasteiger charge is -2.39. The molecule has 3 aliphatic carbocycles. The van der Waals surface area contributed by atoms with Gasteiger partial charge in [-0.3, -0.25) is 9.59 Å². The second-order valence-corrected chi connectivity index (χ2v) is 8.78. The molecule has 0 saturated heterocycles. The van der Waals surface area contributed by atoms with Gasteiger partial charge in [0.1, 0.15) is 17.6 Å². The number of rotatable bonds is 6. The monoisotopic (exact) mass is 445 g/mol. The molecule has 31 heavy (non-hydrogen) atoms. The van der Waals surface area contributed by atoms with Crippen molar-refractivity contribution in [2.45, 2.75) is 36.9 Å². The van der Waals surface area contributed by atoms with Gasteiger partial charge in [0.15, 0.2) is 12.4 Å². The second-order valence-electron chi connectivity index (χ2n) is 8.37.